The Morgan fingerprint density at radius 2 is 1.76 bits per heavy atom. The molecule has 0 aliphatic carbocycles. The fourth-order valence-corrected chi connectivity index (χ4v) is 4.71. The molecule has 3 rings (SSSR count). The van der Waals surface area contributed by atoms with Crippen LogP contribution in [0, 0.1) is 5.41 Å². The summed E-state index contributed by atoms with van der Waals surface area (Å²) in [5.74, 6) is 0. The summed E-state index contributed by atoms with van der Waals surface area (Å²) in [6, 6.07) is 12.2. The zero-order valence-corrected chi connectivity index (χ0v) is 16.2. The van der Waals surface area contributed by atoms with Gasteiger partial charge in [0.15, 0.2) is 0 Å². The van der Waals surface area contributed by atoms with Crippen LogP contribution in [-0.2, 0) is 0 Å². The molecule has 4 heteroatoms. The van der Waals surface area contributed by atoms with Crippen molar-refractivity contribution in [2.75, 3.05) is 32.7 Å². The van der Waals surface area contributed by atoms with E-state index in [0.717, 1.165) is 45.6 Å². The Bertz CT molecular complexity index is 574. The summed E-state index contributed by atoms with van der Waals surface area (Å²) in [5.41, 5.74) is 1.78. The average Bonchev–Trinajstić information content (AvgIpc) is 2.61. The molecule has 25 heavy (non-hydrogen) atoms. The van der Waals surface area contributed by atoms with Crippen molar-refractivity contribution in [3.05, 3.63) is 35.9 Å². The number of hydrogen-bond acceptors (Lipinski definition) is 2. The molecule has 2 aliphatic rings. The molecule has 0 saturated carbocycles. The molecule has 1 aromatic rings. The topological polar surface area (TPSA) is 26.8 Å². The zero-order valence-electron chi connectivity index (χ0n) is 16.2. The first kappa shape index (κ1) is 18.2. The molecule has 2 heterocycles. The molecule has 4 nitrogen and oxygen atoms in total. The average molecular weight is 344 g/mol. The molecule has 1 unspecified atom stereocenters. The van der Waals surface area contributed by atoms with Crippen LogP contribution in [0.4, 0.5) is 4.79 Å². The highest BCUT2D eigenvalue weighted by atomic mass is 16.2. The van der Waals surface area contributed by atoms with Crippen molar-refractivity contribution < 1.29 is 4.79 Å². The van der Waals surface area contributed by atoms with Crippen molar-refractivity contribution in [3.63, 3.8) is 0 Å². The van der Waals surface area contributed by atoms with Crippen LogP contribution in [-0.4, -0.2) is 59.5 Å². The van der Waals surface area contributed by atoms with Crippen LogP contribution in [0.5, 0.6) is 0 Å². The number of carbonyl (C=O) groups is 1. The minimum Gasteiger partial charge on any atom is -0.325 e. The summed E-state index contributed by atoms with van der Waals surface area (Å²) in [6.45, 7) is 13.3. The molecule has 0 bridgehead atoms. The van der Waals surface area contributed by atoms with Gasteiger partial charge in [-0.1, -0.05) is 30.3 Å². The third-order valence-electron chi connectivity index (χ3n) is 6.25. The first-order valence-corrected chi connectivity index (χ1v) is 9.87. The summed E-state index contributed by atoms with van der Waals surface area (Å²) in [5, 5.41) is 0. The maximum absolute atomic E-state index is 12.6. The Balaban J connectivity index is 1.72. The van der Waals surface area contributed by atoms with E-state index in [1.807, 2.05) is 4.90 Å². The molecular weight excluding hydrogens is 310 g/mol. The van der Waals surface area contributed by atoms with Gasteiger partial charge in [0.25, 0.3) is 0 Å². The second-order valence-electron chi connectivity index (χ2n) is 7.88. The highest BCUT2D eigenvalue weighted by Crippen LogP contribution is 2.55. The minimum absolute atomic E-state index is 0.219. The fraction of sp³-hybridized carbons (Fsp3) is 0.667. The Hall–Kier alpha value is -1.55. The lowest BCUT2D eigenvalue weighted by molar-refractivity contribution is -0.124. The molecular formula is C21H33N3O. The molecule has 2 aliphatic heterocycles. The zero-order chi connectivity index (χ0) is 18.0. The maximum atomic E-state index is 12.6. The van der Waals surface area contributed by atoms with E-state index in [1.54, 1.807) is 0 Å². The number of hydrogen-bond donors (Lipinski definition) is 0. The third-order valence-corrected chi connectivity index (χ3v) is 6.25. The van der Waals surface area contributed by atoms with Gasteiger partial charge in [-0.15, -0.1) is 0 Å². The molecule has 2 amide bonds. The van der Waals surface area contributed by atoms with Crippen LogP contribution >= 0.6 is 0 Å². The summed E-state index contributed by atoms with van der Waals surface area (Å²) >= 11 is 0. The molecule has 0 radical (unpaired) electrons. The first-order valence-electron chi connectivity index (χ1n) is 9.87. The van der Waals surface area contributed by atoms with Crippen LogP contribution in [0.25, 0.3) is 0 Å². The number of likely N-dealkylation sites (tertiary alicyclic amines) is 2. The van der Waals surface area contributed by atoms with E-state index >= 15 is 0 Å². The van der Waals surface area contributed by atoms with Gasteiger partial charge in [-0.25, -0.2) is 4.79 Å². The van der Waals surface area contributed by atoms with Crippen molar-refractivity contribution in [2.45, 2.75) is 52.6 Å². The van der Waals surface area contributed by atoms with E-state index in [4.69, 9.17) is 0 Å². The number of rotatable bonds is 4. The monoisotopic (exact) mass is 343 g/mol. The lowest BCUT2D eigenvalue weighted by atomic mass is 9.62. The molecule has 138 valence electrons. The maximum Gasteiger partial charge on any atom is 0.319 e. The standard InChI is InChI=1S/C21H33N3O/c1-5-22(6-2)20(25)23-14-12-21(13-15-23)16-24(17(3)4)19(21)18-10-8-7-9-11-18/h7-11,17,19H,5-6,12-16H2,1-4H3. The van der Waals surface area contributed by atoms with Gasteiger partial charge in [0.2, 0.25) is 0 Å². The van der Waals surface area contributed by atoms with E-state index in [9.17, 15) is 4.79 Å². The molecule has 2 fully saturated rings. The number of carbonyl (C=O) groups excluding carboxylic acids is 1. The predicted molar refractivity (Wildman–Crippen MR) is 103 cm³/mol. The van der Waals surface area contributed by atoms with Gasteiger partial charge in [-0.3, -0.25) is 4.90 Å². The molecule has 1 spiro atoms. The van der Waals surface area contributed by atoms with Gasteiger partial charge in [0, 0.05) is 50.2 Å². The smallest absolute Gasteiger partial charge is 0.319 e. The van der Waals surface area contributed by atoms with Crippen LogP contribution in [0.2, 0.25) is 0 Å². The Morgan fingerprint density at radius 1 is 1.16 bits per heavy atom. The molecule has 1 atom stereocenters. The van der Waals surface area contributed by atoms with E-state index < -0.39 is 0 Å². The second kappa shape index (κ2) is 7.36. The third kappa shape index (κ3) is 3.29. The number of nitrogens with zero attached hydrogens (tertiary/aromatic N) is 3. The van der Waals surface area contributed by atoms with E-state index in [0.29, 0.717) is 17.5 Å². The van der Waals surface area contributed by atoms with Crippen molar-refractivity contribution >= 4 is 6.03 Å². The number of benzene rings is 1. The molecule has 0 N–H and O–H groups in total. The van der Waals surface area contributed by atoms with Crippen LogP contribution < -0.4 is 0 Å². The normalized spacial score (nSPS) is 22.9. The fourth-order valence-electron chi connectivity index (χ4n) is 4.71. The molecule has 1 aromatic carbocycles. The van der Waals surface area contributed by atoms with Crippen molar-refractivity contribution in [1.82, 2.24) is 14.7 Å². The van der Waals surface area contributed by atoms with Crippen molar-refractivity contribution in [3.8, 4) is 0 Å². The second-order valence-corrected chi connectivity index (χ2v) is 7.88. The van der Waals surface area contributed by atoms with Crippen LogP contribution in [0.3, 0.4) is 0 Å². The number of urea groups is 1. The van der Waals surface area contributed by atoms with Crippen molar-refractivity contribution in [2.24, 2.45) is 5.41 Å². The minimum atomic E-state index is 0.219. The Morgan fingerprint density at radius 3 is 2.28 bits per heavy atom. The Labute approximate surface area is 152 Å². The summed E-state index contributed by atoms with van der Waals surface area (Å²) in [6.07, 6.45) is 2.23. The van der Waals surface area contributed by atoms with Gasteiger partial charge in [-0.05, 0) is 46.1 Å². The number of piperidine rings is 1. The van der Waals surface area contributed by atoms with Gasteiger partial charge in [0.1, 0.15) is 0 Å². The van der Waals surface area contributed by atoms with Gasteiger partial charge < -0.3 is 9.80 Å². The quantitative estimate of drug-likeness (QED) is 0.826. The lowest BCUT2D eigenvalue weighted by Gasteiger charge is -2.62. The van der Waals surface area contributed by atoms with E-state index in [1.165, 1.54) is 5.56 Å². The molecule has 0 aromatic heterocycles. The van der Waals surface area contributed by atoms with Crippen LogP contribution in [0.1, 0.15) is 52.1 Å². The first-order chi connectivity index (χ1) is 12.0. The molecule has 2 saturated heterocycles. The van der Waals surface area contributed by atoms with E-state index in [2.05, 4.69) is 67.8 Å². The van der Waals surface area contributed by atoms with Gasteiger partial charge in [0.05, 0.1) is 0 Å². The summed E-state index contributed by atoms with van der Waals surface area (Å²) in [7, 11) is 0. The van der Waals surface area contributed by atoms with Crippen LogP contribution in [0.15, 0.2) is 30.3 Å². The lowest BCUT2D eigenvalue weighted by Crippen LogP contribution is -2.64. The largest absolute Gasteiger partial charge is 0.325 e. The summed E-state index contributed by atoms with van der Waals surface area (Å²) in [4.78, 5) is 19.3. The number of amides is 2. The van der Waals surface area contributed by atoms with E-state index in [-0.39, 0.29) is 6.03 Å². The summed E-state index contributed by atoms with van der Waals surface area (Å²) < 4.78 is 0. The van der Waals surface area contributed by atoms with Crippen molar-refractivity contribution in [1.29, 1.82) is 0 Å². The van der Waals surface area contributed by atoms with Gasteiger partial charge in [-0.2, -0.15) is 0 Å². The highest BCUT2D eigenvalue weighted by Gasteiger charge is 2.54. The Kier molecular flexibility index (Phi) is 5.38. The van der Waals surface area contributed by atoms with Gasteiger partial charge >= 0.3 is 6.03 Å². The highest BCUT2D eigenvalue weighted by molar-refractivity contribution is 5.74. The predicted octanol–water partition coefficient (Wildman–Crippen LogP) is 4.00. The SMILES string of the molecule is CCN(CC)C(=O)N1CCC2(CC1)CN(C(C)C)C2c1ccccc1.